The highest BCUT2D eigenvalue weighted by Gasteiger charge is 2.14. The van der Waals surface area contributed by atoms with Gasteiger partial charge in [0.1, 0.15) is 0 Å². The van der Waals surface area contributed by atoms with Gasteiger partial charge in [0.05, 0.1) is 12.7 Å². The molecule has 2 N–H and O–H groups in total. The van der Waals surface area contributed by atoms with Crippen LogP contribution in [0.25, 0.3) is 0 Å². The Morgan fingerprint density at radius 3 is 2.64 bits per heavy atom. The van der Waals surface area contributed by atoms with E-state index in [1.54, 1.807) is 0 Å². The molecule has 0 aliphatic carbocycles. The van der Waals surface area contributed by atoms with Gasteiger partial charge >= 0.3 is 0 Å². The largest absolute Gasteiger partial charge is 0.381 e. The van der Waals surface area contributed by atoms with Gasteiger partial charge < -0.3 is 20.1 Å². The maximum atomic E-state index is 6.04. The monoisotopic (exact) mass is 389 g/mol. The minimum absolute atomic E-state index is 0.329. The summed E-state index contributed by atoms with van der Waals surface area (Å²) in [5.41, 5.74) is 2.46. The van der Waals surface area contributed by atoms with Gasteiger partial charge in [-0.2, -0.15) is 0 Å². The van der Waals surface area contributed by atoms with Gasteiger partial charge in [-0.25, -0.2) is 0 Å². The second kappa shape index (κ2) is 12.8. The van der Waals surface area contributed by atoms with Gasteiger partial charge in [-0.15, -0.1) is 0 Å². The molecule has 1 fully saturated rings. The second-order valence-corrected chi connectivity index (χ2v) is 8.24. The van der Waals surface area contributed by atoms with Gasteiger partial charge in [-0.1, -0.05) is 51.0 Å². The van der Waals surface area contributed by atoms with Crippen molar-refractivity contribution in [2.24, 2.45) is 10.9 Å². The first kappa shape index (κ1) is 22.7. The summed E-state index contributed by atoms with van der Waals surface area (Å²) < 4.78 is 11.4. The number of guanidine groups is 1. The molecule has 158 valence electrons. The summed E-state index contributed by atoms with van der Waals surface area (Å²) in [6.45, 7) is 9.83. The number of aliphatic imine (C=N–C) groups is 1. The fraction of sp³-hybridized carbons (Fsp3) is 0.696. The second-order valence-electron chi connectivity index (χ2n) is 8.24. The average Bonchev–Trinajstić information content (AvgIpc) is 2.70. The standard InChI is InChI=1S/C23H39N3O2/c1-18(2)7-5-8-19(3)26-23(24-4)25-16-20-9-6-10-21(15-20)17-28-22-11-13-27-14-12-22/h6,9-10,15,18-19,22H,5,7-8,11-14,16-17H2,1-4H3,(H2,24,25,26). The van der Waals surface area contributed by atoms with Crippen molar-refractivity contribution < 1.29 is 9.47 Å². The SMILES string of the molecule is CN=C(NCc1cccc(COC2CCOCC2)c1)NC(C)CCCC(C)C. The predicted molar refractivity (Wildman–Crippen MR) is 117 cm³/mol. The molecular formula is C23H39N3O2. The molecule has 0 aromatic heterocycles. The molecule has 1 aromatic carbocycles. The smallest absolute Gasteiger partial charge is 0.191 e. The Morgan fingerprint density at radius 1 is 1.18 bits per heavy atom. The topological polar surface area (TPSA) is 54.9 Å². The first-order valence-corrected chi connectivity index (χ1v) is 10.8. The molecule has 2 rings (SSSR count). The van der Waals surface area contributed by atoms with Crippen LogP contribution in [-0.4, -0.2) is 38.4 Å². The molecule has 1 aliphatic heterocycles. The lowest BCUT2D eigenvalue weighted by molar-refractivity contribution is -0.0390. The van der Waals surface area contributed by atoms with Crippen LogP contribution in [0.2, 0.25) is 0 Å². The van der Waals surface area contributed by atoms with Gasteiger partial charge in [0.2, 0.25) is 0 Å². The van der Waals surface area contributed by atoms with Crippen LogP contribution in [-0.2, 0) is 22.6 Å². The van der Waals surface area contributed by atoms with Crippen LogP contribution in [0.15, 0.2) is 29.3 Å². The number of hydrogen-bond donors (Lipinski definition) is 2. The summed E-state index contributed by atoms with van der Waals surface area (Å²) >= 11 is 0. The third-order valence-corrected chi connectivity index (χ3v) is 5.13. The average molecular weight is 390 g/mol. The van der Waals surface area contributed by atoms with E-state index < -0.39 is 0 Å². The molecule has 1 saturated heterocycles. The van der Waals surface area contributed by atoms with Crippen molar-refractivity contribution >= 4 is 5.96 Å². The number of nitrogens with one attached hydrogen (secondary N) is 2. The number of rotatable bonds is 10. The van der Waals surface area contributed by atoms with Crippen LogP contribution in [0.1, 0.15) is 64.0 Å². The lowest BCUT2D eigenvalue weighted by atomic mass is 10.0. The summed E-state index contributed by atoms with van der Waals surface area (Å²) in [6, 6.07) is 9.01. The molecule has 5 nitrogen and oxygen atoms in total. The van der Waals surface area contributed by atoms with Crippen LogP contribution in [0.5, 0.6) is 0 Å². The van der Waals surface area contributed by atoms with E-state index in [0.717, 1.165) is 50.9 Å². The lowest BCUT2D eigenvalue weighted by Crippen LogP contribution is -2.41. The van der Waals surface area contributed by atoms with Gasteiger partial charge in [0, 0.05) is 32.8 Å². The molecule has 0 saturated carbocycles. The van der Waals surface area contributed by atoms with Crippen molar-refractivity contribution in [3.05, 3.63) is 35.4 Å². The maximum absolute atomic E-state index is 6.04. The Kier molecular flexibility index (Phi) is 10.4. The van der Waals surface area contributed by atoms with Crippen molar-refractivity contribution in [3.8, 4) is 0 Å². The van der Waals surface area contributed by atoms with Crippen LogP contribution in [0.3, 0.4) is 0 Å². The zero-order chi connectivity index (χ0) is 20.2. The van der Waals surface area contributed by atoms with Crippen molar-refractivity contribution in [2.45, 2.75) is 78.2 Å². The molecule has 1 aromatic rings. The fourth-order valence-electron chi connectivity index (χ4n) is 3.40. The van der Waals surface area contributed by atoms with Crippen LogP contribution in [0.4, 0.5) is 0 Å². The Hall–Kier alpha value is -1.59. The van der Waals surface area contributed by atoms with Crippen molar-refractivity contribution in [1.82, 2.24) is 10.6 Å². The highest BCUT2D eigenvalue weighted by Crippen LogP contribution is 2.14. The third kappa shape index (κ3) is 9.07. The molecule has 1 unspecified atom stereocenters. The van der Waals surface area contributed by atoms with E-state index in [1.165, 1.54) is 24.0 Å². The quantitative estimate of drug-likeness (QED) is 0.464. The predicted octanol–water partition coefficient (Wildman–Crippen LogP) is 4.26. The van der Waals surface area contributed by atoms with E-state index in [-0.39, 0.29) is 0 Å². The minimum atomic E-state index is 0.329. The molecule has 0 radical (unpaired) electrons. The van der Waals surface area contributed by atoms with Crippen molar-refractivity contribution in [2.75, 3.05) is 20.3 Å². The van der Waals surface area contributed by atoms with Gasteiger partial charge in [-0.3, -0.25) is 4.99 Å². The number of hydrogen-bond acceptors (Lipinski definition) is 3. The molecule has 1 atom stereocenters. The summed E-state index contributed by atoms with van der Waals surface area (Å²) in [6.07, 6.45) is 6.02. The first-order valence-electron chi connectivity index (χ1n) is 10.8. The van der Waals surface area contributed by atoms with Crippen LogP contribution < -0.4 is 10.6 Å². The van der Waals surface area contributed by atoms with Gasteiger partial charge in [-0.05, 0) is 43.2 Å². The Labute approximate surface area is 171 Å². The summed E-state index contributed by atoms with van der Waals surface area (Å²) in [5, 5.41) is 6.93. The van der Waals surface area contributed by atoms with Crippen molar-refractivity contribution in [1.29, 1.82) is 0 Å². The molecule has 0 amide bonds. The highest BCUT2D eigenvalue weighted by atomic mass is 16.5. The molecule has 0 bridgehead atoms. The van der Waals surface area contributed by atoms with E-state index in [0.29, 0.717) is 18.8 Å². The maximum Gasteiger partial charge on any atom is 0.191 e. The zero-order valence-electron chi connectivity index (χ0n) is 18.2. The minimum Gasteiger partial charge on any atom is -0.381 e. The van der Waals surface area contributed by atoms with Crippen LogP contribution >= 0.6 is 0 Å². The summed E-state index contributed by atoms with van der Waals surface area (Å²) in [5.74, 6) is 1.63. The highest BCUT2D eigenvalue weighted by molar-refractivity contribution is 5.79. The number of ether oxygens (including phenoxy) is 2. The van der Waals surface area contributed by atoms with E-state index >= 15 is 0 Å². The van der Waals surface area contributed by atoms with Gasteiger partial charge in [0.25, 0.3) is 0 Å². The van der Waals surface area contributed by atoms with Crippen molar-refractivity contribution in [3.63, 3.8) is 0 Å². The van der Waals surface area contributed by atoms with Gasteiger partial charge in [0.15, 0.2) is 5.96 Å². The summed E-state index contributed by atoms with van der Waals surface area (Å²) in [4.78, 5) is 4.36. The summed E-state index contributed by atoms with van der Waals surface area (Å²) in [7, 11) is 1.83. The zero-order valence-corrected chi connectivity index (χ0v) is 18.2. The first-order chi connectivity index (χ1) is 13.6. The van der Waals surface area contributed by atoms with E-state index in [4.69, 9.17) is 9.47 Å². The van der Waals surface area contributed by atoms with E-state index in [1.807, 2.05) is 7.05 Å². The molecule has 5 heteroatoms. The molecule has 1 heterocycles. The number of benzene rings is 1. The lowest BCUT2D eigenvalue weighted by Gasteiger charge is -2.22. The Balaban J connectivity index is 1.74. The molecular weight excluding hydrogens is 350 g/mol. The Morgan fingerprint density at radius 2 is 1.93 bits per heavy atom. The van der Waals surface area contributed by atoms with E-state index in [2.05, 4.69) is 60.7 Å². The van der Waals surface area contributed by atoms with Crippen LogP contribution in [0, 0.1) is 5.92 Å². The molecule has 1 aliphatic rings. The third-order valence-electron chi connectivity index (χ3n) is 5.13. The Bertz CT molecular complexity index is 583. The normalized spacial score (nSPS) is 17.0. The fourth-order valence-corrected chi connectivity index (χ4v) is 3.40. The molecule has 0 spiro atoms. The molecule has 28 heavy (non-hydrogen) atoms. The number of nitrogens with zero attached hydrogens (tertiary/aromatic N) is 1. The van der Waals surface area contributed by atoms with E-state index in [9.17, 15) is 0 Å².